The van der Waals surface area contributed by atoms with Gasteiger partial charge in [-0.2, -0.15) is 0 Å². The molecule has 1 aromatic heterocycles. The highest BCUT2D eigenvalue weighted by molar-refractivity contribution is 5.94. The van der Waals surface area contributed by atoms with Crippen molar-refractivity contribution in [3.05, 3.63) is 45.2 Å². The highest BCUT2D eigenvalue weighted by Gasteiger charge is 2.40. The second-order valence-corrected chi connectivity index (χ2v) is 12.8. The van der Waals surface area contributed by atoms with E-state index in [1.807, 2.05) is 0 Å². The Labute approximate surface area is 243 Å². The molecule has 2 atom stereocenters. The summed E-state index contributed by atoms with van der Waals surface area (Å²) in [7, 11) is 0. The predicted molar refractivity (Wildman–Crippen MR) is 151 cm³/mol. The molecule has 10 nitrogen and oxygen atoms in total. The van der Waals surface area contributed by atoms with Gasteiger partial charge in [-0.25, -0.2) is 23.2 Å². The van der Waals surface area contributed by atoms with Crippen LogP contribution in [0.25, 0.3) is 10.9 Å². The number of likely N-dealkylation sites (tertiary alicyclic amines) is 1. The van der Waals surface area contributed by atoms with Crippen molar-refractivity contribution in [3.63, 3.8) is 0 Å². The molecule has 0 unspecified atom stereocenters. The second kappa shape index (κ2) is 11.5. The molecule has 42 heavy (non-hydrogen) atoms. The van der Waals surface area contributed by atoms with Crippen LogP contribution < -0.4 is 10.7 Å². The molecule has 12 heteroatoms. The Hall–Kier alpha value is -3.70. The van der Waals surface area contributed by atoms with Crippen molar-refractivity contribution in [1.29, 1.82) is 0 Å². The van der Waals surface area contributed by atoms with Gasteiger partial charge in [0, 0.05) is 35.8 Å². The molecule has 1 saturated heterocycles. The van der Waals surface area contributed by atoms with Crippen LogP contribution >= 0.6 is 0 Å². The molecule has 0 bridgehead atoms. The highest BCUT2D eigenvalue weighted by Crippen LogP contribution is 2.39. The lowest BCUT2D eigenvalue weighted by Crippen LogP contribution is -2.43. The fourth-order valence-electron chi connectivity index (χ4n) is 5.19. The lowest BCUT2D eigenvalue weighted by Gasteiger charge is -2.29. The van der Waals surface area contributed by atoms with E-state index in [1.54, 1.807) is 53.0 Å². The maximum atomic E-state index is 15.6. The summed E-state index contributed by atoms with van der Waals surface area (Å²) >= 11 is 0. The van der Waals surface area contributed by atoms with Crippen LogP contribution in [0.4, 0.5) is 18.4 Å². The first-order valence-corrected chi connectivity index (χ1v) is 14.2. The molecule has 230 valence electrons. The van der Waals surface area contributed by atoms with Crippen LogP contribution in [0.5, 0.6) is 0 Å². The van der Waals surface area contributed by atoms with Gasteiger partial charge in [0.2, 0.25) is 5.43 Å². The Kier molecular flexibility index (Phi) is 8.57. The molecule has 1 saturated carbocycles. The summed E-state index contributed by atoms with van der Waals surface area (Å²) < 4.78 is 48.3. The van der Waals surface area contributed by atoms with Gasteiger partial charge in [-0.1, -0.05) is 0 Å². The molecule has 2 amide bonds. The molecule has 2 fully saturated rings. The SMILES string of the molecule is CCOC(=O)c1cn(C2CC2)c2c(C[C@@H]3C[C@@H](NC(=O)OC(C)(C)C)CN3C(=O)OC(C)(C)C)c(F)c(F)cc2c1=O. The summed E-state index contributed by atoms with van der Waals surface area (Å²) in [6.07, 6.45) is 1.50. The number of amides is 2. The third-order valence-electron chi connectivity index (χ3n) is 6.94. The van der Waals surface area contributed by atoms with Crippen LogP contribution in [0.2, 0.25) is 0 Å². The number of hydrogen-bond acceptors (Lipinski definition) is 7. The van der Waals surface area contributed by atoms with E-state index < -0.39 is 58.5 Å². The summed E-state index contributed by atoms with van der Waals surface area (Å²) in [6.45, 7) is 12.0. The van der Waals surface area contributed by atoms with Crippen LogP contribution in [-0.2, 0) is 20.6 Å². The molecule has 2 aromatic rings. The number of ether oxygens (including phenoxy) is 3. The second-order valence-electron chi connectivity index (χ2n) is 12.8. The maximum Gasteiger partial charge on any atom is 0.410 e. The highest BCUT2D eigenvalue weighted by atomic mass is 19.2. The van der Waals surface area contributed by atoms with Crippen LogP contribution in [0, 0.1) is 11.6 Å². The number of fused-ring (bicyclic) bond motifs is 1. The third kappa shape index (κ3) is 7.01. The number of benzene rings is 1. The fourth-order valence-corrected chi connectivity index (χ4v) is 5.19. The molecular formula is C30H39F2N3O7. The van der Waals surface area contributed by atoms with Crippen molar-refractivity contribution in [1.82, 2.24) is 14.8 Å². The van der Waals surface area contributed by atoms with E-state index in [0.29, 0.717) is 0 Å². The average Bonchev–Trinajstić information content (AvgIpc) is 3.61. The minimum absolute atomic E-state index is 0.0451. The molecular weight excluding hydrogens is 552 g/mol. The van der Waals surface area contributed by atoms with Gasteiger partial charge >= 0.3 is 18.2 Å². The Morgan fingerprint density at radius 3 is 2.26 bits per heavy atom. The molecule has 0 spiro atoms. The van der Waals surface area contributed by atoms with Gasteiger partial charge in [0.15, 0.2) is 11.6 Å². The predicted octanol–water partition coefficient (Wildman–Crippen LogP) is 5.24. The van der Waals surface area contributed by atoms with Crippen molar-refractivity contribution < 1.29 is 37.4 Å². The third-order valence-corrected chi connectivity index (χ3v) is 6.94. The zero-order chi connectivity index (χ0) is 31.1. The molecule has 0 radical (unpaired) electrons. The van der Waals surface area contributed by atoms with E-state index >= 15 is 8.78 Å². The summed E-state index contributed by atoms with van der Waals surface area (Å²) in [4.78, 5) is 53.0. The van der Waals surface area contributed by atoms with Gasteiger partial charge in [-0.3, -0.25) is 4.79 Å². The van der Waals surface area contributed by atoms with E-state index in [0.717, 1.165) is 18.9 Å². The minimum Gasteiger partial charge on any atom is -0.462 e. The van der Waals surface area contributed by atoms with Gasteiger partial charge in [0.05, 0.1) is 18.2 Å². The summed E-state index contributed by atoms with van der Waals surface area (Å²) in [5, 5.41) is 2.61. The number of nitrogens with zero attached hydrogens (tertiary/aromatic N) is 2. The molecule has 1 aromatic carbocycles. The lowest BCUT2D eigenvalue weighted by atomic mass is 9.97. The van der Waals surface area contributed by atoms with E-state index in [4.69, 9.17) is 14.2 Å². The molecule has 2 aliphatic rings. The number of alkyl carbamates (subject to hydrolysis) is 1. The number of esters is 1. The van der Waals surface area contributed by atoms with Crippen molar-refractivity contribution >= 4 is 29.1 Å². The van der Waals surface area contributed by atoms with Gasteiger partial charge in [0.1, 0.15) is 16.8 Å². The molecule has 1 aliphatic carbocycles. The topological polar surface area (TPSA) is 116 Å². The largest absolute Gasteiger partial charge is 0.462 e. The quantitative estimate of drug-likeness (QED) is 0.361. The zero-order valence-electron chi connectivity index (χ0n) is 25.1. The maximum absolute atomic E-state index is 15.6. The van der Waals surface area contributed by atoms with Crippen LogP contribution in [0.15, 0.2) is 17.1 Å². The first-order valence-electron chi connectivity index (χ1n) is 14.2. The molecule has 4 rings (SSSR count). The van der Waals surface area contributed by atoms with E-state index in [2.05, 4.69) is 5.32 Å². The van der Waals surface area contributed by atoms with Crippen LogP contribution in [-0.4, -0.2) is 64.1 Å². The first-order chi connectivity index (χ1) is 19.5. The normalized spacial score (nSPS) is 19.1. The van der Waals surface area contributed by atoms with Gasteiger partial charge in [0.25, 0.3) is 0 Å². The summed E-state index contributed by atoms with van der Waals surface area (Å²) in [5.41, 5.74) is -2.52. The van der Waals surface area contributed by atoms with E-state index in [1.165, 1.54) is 11.1 Å². The molecule has 1 N–H and O–H groups in total. The van der Waals surface area contributed by atoms with Gasteiger partial charge in [-0.05, 0) is 80.2 Å². The fraction of sp³-hybridized carbons (Fsp3) is 0.600. The number of hydrogen-bond donors (Lipinski definition) is 1. The Balaban J connectivity index is 1.78. The monoisotopic (exact) mass is 591 g/mol. The van der Waals surface area contributed by atoms with E-state index in [9.17, 15) is 19.2 Å². The number of carbonyl (C=O) groups is 3. The Morgan fingerprint density at radius 1 is 1.05 bits per heavy atom. The lowest BCUT2D eigenvalue weighted by molar-refractivity contribution is 0.0218. The first kappa shape index (κ1) is 31.2. The standard InChI is InChI=1S/C30H39F2N3O7/c1-8-40-26(37)21-15-34(17-9-10-17)24-19(23(32)22(31)13-20(24)25(21)36)12-18-11-16(33-27(38)41-29(2,3)4)14-35(18)28(39)42-30(5,6)7/h13,15-18H,8-12,14H2,1-7H3,(H,33,38)/t16-,18+/m1/s1. The number of halogens is 2. The number of aromatic nitrogens is 1. The Bertz CT molecular complexity index is 1450. The smallest absolute Gasteiger partial charge is 0.410 e. The van der Waals surface area contributed by atoms with Crippen molar-refractivity contribution in [2.24, 2.45) is 0 Å². The minimum atomic E-state index is -1.25. The average molecular weight is 592 g/mol. The molecule has 1 aliphatic heterocycles. The van der Waals surface area contributed by atoms with Gasteiger partial charge in [-0.15, -0.1) is 0 Å². The van der Waals surface area contributed by atoms with Gasteiger partial charge < -0.3 is 29.0 Å². The zero-order valence-corrected chi connectivity index (χ0v) is 25.1. The molecule has 2 heterocycles. The number of pyridine rings is 1. The van der Waals surface area contributed by atoms with Crippen molar-refractivity contribution in [2.45, 2.75) is 103 Å². The van der Waals surface area contributed by atoms with Crippen LogP contribution in [0.1, 0.15) is 89.7 Å². The number of carbonyl (C=O) groups excluding carboxylic acids is 3. The number of nitrogens with one attached hydrogen (secondary N) is 1. The van der Waals surface area contributed by atoms with E-state index in [-0.39, 0.29) is 54.1 Å². The van der Waals surface area contributed by atoms with Crippen LogP contribution in [0.3, 0.4) is 0 Å². The summed E-state index contributed by atoms with van der Waals surface area (Å²) in [6, 6.07) is -0.573. The summed E-state index contributed by atoms with van der Waals surface area (Å²) in [5.74, 6) is -3.23. The Morgan fingerprint density at radius 2 is 1.69 bits per heavy atom. The number of rotatable bonds is 6. The van der Waals surface area contributed by atoms with Crippen molar-refractivity contribution in [2.75, 3.05) is 13.2 Å². The van der Waals surface area contributed by atoms with Crippen molar-refractivity contribution in [3.8, 4) is 0 Å².